The van der Waals surface area contributed by atoms with Crippen LogP contribution in [0.2, 0.25) is 0 Å². The number of carbonyl (C=O) groups is 2. The highest BCUT2D eigenvalue weighted by molar-refractivity contribution is 5.86. The molecule has 5 heteroatoms. The molecule has 2 aliphatic rings. The fourth-order valence-electron chi connectivity index (χ4n) is 2.86. The van der Waals surface area contributed by atoms with Crippen molar-refractivity contribution in [2.24, 2.45) is 11.8 Å². The summed E-state index contributed by atoms with van der Waals surface area (Å²) >= 11 is 0. The minimum atomic E-state index is -0.895. The van der Waals surface area contributed by atoms with Gasteiger partial charge in [-0.2, -0.15) is 0 Å². The number of hydrogen-bond acceptors (Lipinski definition) is 2. The summed E-state index contributed by atoms with van der Waals surface area (Å²) in [5.41, 5.74) is 0.888. The van der Waals surface area contributed by atoms with Crippen LogP contribution < -0.4 is 5.32 Å². The van der Waals surface area contributed by atoms with E-state index in [1.165, 1.54) is 12.1 Å². The van der Waals surface area contributed by atoms with Crippen LogP contribution in [0.4, 0.5) is 4.39 Å². The number of aliphatic carboxylic acids is 1. The van der Waals surface area contributed by atoms with Gasteiger partial charge in [-0.1, -0.05) is 12.1 Å². The lowest BCUT2D eigenvalue weighted by atomic mass is 9.73. The van der Waals surface area contributed by atoms with Crippen molar-refractivity contribution in [3.05, 3.63) is 35.6 Å². The highest BCUT2D eigenvalue weighted by Crippen LogP contribution is 2.42. The Morgan fingerprint density at radius 3 is 2.60 bits per heavy atom. The molecule has 4 nitrogen and oxygen atoms in total. The van der Waals surface area contributed by atoms with Crippen molar-refractivity contribution in [1.82, 2.24) is 5.32 Å². The van der Waals surface area contributed by atoms with Crippen LogP contribution in [0.15, 0.2) is 24.3 Å². The van der Waals surface area contributed by atoms with Crippen LogP contribution in [0.25, 0.3) is 0 Å². The standard InChI is InChI=1S/C15H16FNO3/c16-9-3-1-2-8(6-9)12-7-13(12)17-14(18)10-4-5-11(10)15(19)20/h1-3,6,10-13H,4-5,7H2,(H,17,18)(H,19,20). The Labute approximate surface area is 116 Å². The van der Waals surface area contributed by atoms with Crippen LogP contribution in [-0.2, 0) is 9.59 Å². The number of carboxylic acids is 1. The SMILES string of the molecule is O=C(O)C1CCC1C(=O)NC1CC1c1cccc(F)c1. The van der Waals surface area contributed by atoms with Gasteiger partial charge in [0.25, 0.3) is 0 Å². The van der Waals surface area contributed by atoms with Gasteiger partial charge < -0.3 is 10.4 Å². The van der Waals surface area contributed by atoms with E-state index >= 15 is 0 Å². The second-order valence-electron chi connectivity index (χ2n) is 5.64. The van der Waals surface area contributed by atoms with Gasteiger partial charge in [0.15, 0.2) is 0 Å². The molecule has 0 radical (unpaired) electrons. The molecular formula is C15H16FNO3. The van der Waals surface area contributed by atoms with E-state index in [1.807, 2.05) is 6.07 Å². The molecule has 4 unspecified atom stereocenters. The number of rotatable bonds is 4. The Morgan fingerprint density at radius 1 is 1.25 bits per heavy atom. The lowest BCUT2D eigenvalue weighted by Crippen LogP contribution is -2.44. The summed E-state index contributed by atoms with van der Waals surface area (Å²) in [6.07, 6.45) is 2.01. The molecule has 0 aromatic heterocycles. The Kier molecular flexibility index (Phi) is 3.20. The molecule has 1 aromatic carbocycles. The topological polar surface area (TPSA) is 66.4 Å². The van der Waals surface area contributed by atoms with Crippen molar-refractivity contribution in [2.45, 2.75) is 31.2 Å². The maximum absolute atomic E-state index is 13.1. The van der Waals surface area contributed by atoms with E-state index in [4.69, 9.17) is 5.11 Å². The molecule has 2 fully saturated rings. The third-order valence-electron chi connectivity index (χ3n) is 4.32. The molecule has 2 saturated carbocycles. The molecule has 3 rings (SSSR count). The van der Waals surface area contributed by atoms with Crippen molar-refractivity contribution >= 4 is 11.9 Å². The monoisotopic (exact) mass is 277 g/mol. The molecular weight excluding hydrogens is 261 g/mol. The van der Waals surface area contributed by atoms with Crippen molar-refractivity contribution < 1.29 is 19.1 Å². The maximum Gasteiger partial charge on any atom is 0.307 e. The van der Waals surface area contributed by atoms with Gasteiger partial charge in [-0.25, -0.2) is 4.39 Å². The van der Waals surface area contributed by atoms with E-state index in [9.17, 15) is 14.0 Å². The maximum atomic E-state index is 13.1. The number of amides is 1. The third kappa shape index (κ3) is 2.40. The molecule has 2 aliphatic carbocycles. The minimum Gasteiger partial charge on any atom is -0.481 e. The van der Waals surface area contributed by atoms with E-state index in [0.717, 1.165) is 12.0 Å². The number of benzene rings is 1. The molecule has 106 valence electrons. The predicted octanol–water partition coefficient (Wildman–Crippen LogP) is 1.91. The zero-order valence-corrected chi connectivity index (χ0v) is 10.9. The predicted molar refractivity (Wildman–Crippen MR) is 69.5 cm³/mol. The molecule has 0 aliphatic heterocycles. The lowest BCUT2D eigenvalue weighted by molar-refractivity contribution is -0.152. The van der Waals surface area contributed by atoms with Gasteiger partial charge in [-0.05, 0) is 37.0 Å². The Hall–Kier alpha value is -1.91. The number of carboxylic acid groups (broad SMARTS) is 1. The largest absolute Gasteiger partial charge is 0.481 e. The first-order chi connectivity index (χ1) is 9.56. The van der Waals surface area contributed by atoms with Gasteiger partial charge in [-0.3, -0.25) is 9.59 Å². The molecule has 1 aromatic rings. The van der Waals surface area contributed by atoms with Crippen LogP contribution in [0.5, 0.6) is 0 Å². The van der Waals surface area contributed by atoms with Gasteiger partial charge in [0.2, 0.25) is 5.91 Å². The van der Waals surface area contributed by atoms with Crippen LogP contribution in [-0.4, -0.2) is 23.0 Å². The van der Waals surface area contributed by atoms with Gasteiger partial charge in [0.1, 0.15) is 5.82 Å². The summed E-state index contributed by atoms with van der Waals surface area (Å²) in [7, 11) is 0. The summed E-state index contributed by atoms with van der Waals surface area (Å²) in [6, 6.07) is 6.41. The normalized spacial score (nSPS) is 31.2. The van der Waals surface area contributed by atoms with E-state index in [1.54, 1.807) is 6.07 Å². The molecule has 1 amide bonds. The van der Waals surface area contributed by atoms with Crippen LogP contribution >= 0.6 is 0 Å². The average Bonchev–Trinajstić information content (AvgIpc) is 3.05. The highest BCUT2D eigenvalue weighted by atomic mass is 19.1. The van der Waals surface area contributed by atoms with Gasteiger partial charge in [0.05, 0.1) is 11.8 Å². The van der Waals surface area contributed by atoms with Crippen LogP contribution in [0.3, 0.4) is 0 Å². The molecule has 0 saturated heterocycles. The van der Waals surface area contributed by atoms with Crippen LogP contribution in [0.1, 0.15) is 30.7 Å². The van der Waals surface area contributed by atoms with E-state index in [0.29, 0.717) is 12.8 Å². The van der Waals surface area contributed by atoms with Crippen molar-refractivity contribution in [2.75, 3.05) is 0 Å². The second-order valence-corrected chi connectivity index (χ2v) is 5.64. The fourth-order valence-corrected chi connectivity index (χ4v) is 2.86. The molecule has 4 atom stereocenters. The smallest absolute Gasteiger partial charge is 0.307 e. The van der Waals surface area contributed by atoms with Crippen molar-refractivity contribution in [1.29, 1.82) is 0 Å². The van der Waals surface area contributed by atoms with E-state index in [-0.39, 0.29) is 23.7 Å². The zero-order chi connectivity index (χ0) is 14.3. The number of halogens is 1. The lowest BCUT2D eigenvalue weighted by Gasteiger charge is -2.32. The Balaban J connectivity index is 1.56. The van der Waals surface area contributed by atoms with Crippen LogP contribution in [0, 0.1) is 17.7 Å². The first-order valence-electron chi connectivity index (χ1n) is 6.85. The van der Waals surface area contributed by atoms with E-state index < -0.39 is 17.8 Å². The van der Waals surface area contributed by atoms with Gasteiger partial charge in [-0.15, -0.1) is 0 Å². The Bertz CT molecular complexity index is 560. The second kappa shape index (κ2) is 4.89. The summed E-state index contributed by atoms with van der Waals surface area (Å²) in [5.74, 6) is -2.13. The molecule has 2 N–H and O–H groups in total. The van der Waals surface area contributed by atoms with Crippen molar-refractivity contribution in [3.8, 4) is 0 Å². The first-order valence-corrected chi connectivity index (χ1v) is 6.85. The number of hydrogen-bond donors (Lipinski definition) is 2. The highest BCUT2D eigenvalue weighted by Gasteiger charge is 2.45. The number of nitrogens with one attached hydrogen (secondary N) is 1. The quantitative estimate of drug-likeness (QED) is 0.883. The summed E-state index contributed by atoms with van der Waals surface area (Å²) in [6.45, 7) is 0. The first kappa shape index (κ1) is 13.1. The average molecular weight is 277 g/mol. The van der Waals surface area contributed by atoms with Gasteiger partial charge in [0, 0.05) is 12.0 Å². The fraction of sp³-hybridized carbons (Fsp3) is 0.467. The van der Waals surface area contributed by atoms with Gasteiger partial charge >= 0.3 is 5.97 Å². The minimum absolute atomic E-state index is 0.0133. The summed E-state index contributed by atoms with van der Waals surface area (Å²) in [4.78, 5) is 22.9. The summed E-state index contributed by atoms with van der Waals surface area (Å²) < 4.78 is 13.1. The summed E-state index contributed by atoms with van der Waals surface area (Å²) in [5, 5.41) is 11.8. The third-order valence-corrected chi connectivity index (χ3v) is 4.32. The molecule has 0 spiro atoms. The number of carbonyl (C=O) groups excluding carboxylic acids is 1. The van der Waals surface area contributed by atoms with Crippen molar-refractivity contribution in [3.63, 3.8) is 0 Å². The molecule has 0 heterocycles. The molecule has 20 heavy (non-hydrogen) atoms. The molecule has 0 bridgehead atoms. The Morgan fingerprint density at radius 2 is 2.00 bits per heavy atom. The zero-order valence-electron chi connectivity index (χ0n) is 10.9. The van der Waals surface area contributed by atoms with E-state index in [2.05, 4.69) is 5.32 Å².